The van der Waals surface area contributed by atoms with Crippen molar-refractivity contribution < 1.29 is 14.3 Å². The molecule has 1 aliphatic heterocycles. The summed E-state index contributed by atoms with van der Waals surface area (Å²) in [5.74, 6) is -0.295. The van der Waals surface area contributed by atoms with Gasteiger partial charge in [0, 0.05) is 6.54 Å². The zero-order valence-corrected chi connectivity index (χ0v) is 12.7. The molecule has 1 amide bonds. The second kappa shape index (κ2) is 7.43. The minimum Gasteiger partial charge on any atom is -0.464 e. The summed E-state index contributed by atoms with van der Waals surface area (Å²) < 4.78 is 5.30. The van der Waals surface area contributed by atoms with Crippen LogP contribution in [0.3, 0.4) is 0 Å². The van der Waals surface area contributed by atoms with Crippen LogP contribution >= 0.6 is 11.3 Å². The van der Waals surface area contributed by atoms with E-state index in [0.29, 0.717) is 24.4 Å². The molecular formula is C15H21NO3S. The number of likely N-dealkylation sites (tertiary alicyclic amines) is 1. The lowest BCUT2D eigenvalue weighted by molar-refractivity contribution is -0.148. The maximum atomic E-state index is 12.3. The standard InChI is InChI=1S/C15H21NO3S/c1-2-3-4-10-19-15(18)12-7-5-9-16(12)14(17)13-8-6-11-20-13/h6,8,11-12H,2-5,7,9-10H2,1H3. The van der Waals surface area contributed by atoms with E-state index in [1.807, 2.05) is 11.4 Å². The molecule has 1 aromatic heterocycles. The van der Waals surface area contributed by atoms with Crippen molar-refractivity contribution in [1.29, 1.82) is 0 Å². The molecular weight excluding hydrogens is 274 g/mol. The van der Waals surface area contributed by atoms with Gasteiger partial charge in [0.2, 0.25) is 0 Å². The van der Waals surface area contributed by atoms with E-state index in [9.17, 15) is 9.59 Å². The van der Waals surface area contributed by atoms with Gasteiger partial charge in [0.05, 0.1) is 11.5 Å². The summed E-state index contributed by atoms with van der Waals surface area (Å²) in [6, 6.07) is 3.26. The molecule has 0 N–H and O–H groups in total. The van der Waals surface area contributed by atoms with Crippen LogP contribution in [-0.2, 0) is 9.53 Å². The van der Waals surface area contributed by atoms with Crippen molar-refractivity contribution in [3.05, 3.63) is 22.4 Å². The van der Waals surface area contributed by atoms with Crippen LogP contribution in [0.15, 0.2) is 17.5 Å². The molecule has 0 aliphatic carbocycles. The maximum absolute atomic E-state index is 12.3. The molecule has 1 atom stereocenters. The van der Waals surface area contributed by atoms with Crippen molar-refractivity contribution in [2.24, 2.45) is 0 Å². The number of hydrogen-bond donors (Lipinski definition) is 0. The zero-order chi connectivity index (χ0) is 14.4. The quantitative estimate of drug-likeness (QED) is 0.598. The second-order valence-electron chi connectivity index (χ2n) is 5.01. The van der Waals surface area contributed by atoms with Gasteiger partial charge >= 0.3 is 5.97 Å². The van der Waals surface area contributed by atoms with Gasteiger partial charge < -0.3 is 9.64 Å². The smallest absolute Gasteiger partial charge is 0.328 e. The Bertz CT molecular complexity index is 444. The molecule has 1 aliphatic rings. The van der Waals surface area contributed by atoms with E-state index < -0.39 is 6.04 Å². The third-order valence-electron chi connectivity index (χ3n) is 3.51. The van der Waals surface area contributed by atoms with E-state index >= 15 is 0 Å². The van der Waals surface area contributed by atoms with Crippen LogP contribution in [0.4, 0.5) is 0 Å². The Balaban J connectivity index is 1.90. The SMILES string of the molecule is CCCCCOC(=O)C1CCCN1C(=O)c1cccs1. The summed E-state index contributed by atoms with van der Waals surface area (Å²) in [5, 5.41) is 1.88. The number of ether oxygens (including phenoxy) is 1. The predicted molar refractivity (Wildman–Crippen MR) is 78.9 cm³/mol. The number of esters is 1. The summed E-state index contributed by atoms with van der Waals surface area (Å²) in [7, 11) is 0. The molecule has 2 rings (SSSR count). The average Bonchev–Trinajstić information content (AvgIpc) is 3.12. The van der Waals surface area contributed by atoms with Crippen LogP contribution in [0, 0.1) is 0 Å². The maximum Gasteiger partial charge on any atom is 0.328 e. The van der Waals surface area contributed by atoms with Crippen LogP contribution in [0.5, 0.6) is 0 Å². The van der Waals surface area contributed by atoms with Crippen molar-refractivity contribution in [3.63, 3.8) is 0 Å². The van der Waals surface area contributed by atoms with Gasteiger partial charge in [-0.2, -0.15) is 0 Å². The molecule has 1 unspecified atom stereocenters. The van der Waals surface area contributed by atoms with Gasteiger partial charge in [0.1, 0.15) is 6.04 Å². The molecule has 20 heavy (non-hydrogen) atoms. The van der Waals surface area contributed by atoms with Crippen LogP contribution in [0.25, 0.3) is 0 Å². The summed E-state index contributed by atoms with van der Waals surface area (Å²) in [6.07, 6.45) is 4.64. The van der Waals surface area contributed by atoms with Crippen LogP contribution < -0.4 is 0 Å². The largest absolute Gasteiger partial charge is 0.464 e. The van der Waals surface area contributed by atoms with Gasteiger partial charge in [-0.05, 0) is 30.7 Å². The fraction of sp³-hybridized carbons (Fsp3) is 0.600. The van der Waals surface area contributed by atoms with E-state index in [2.05, 4.69) is 6.92 Å². The first kappa shape index (κ1) is 15.0. The highest BCUT2D eigenvalue weighted by atomic mass is 32.1. The molecule has 4 nitrogen and oxygen atoms in total. The summed E-state index contributed by atoms with van der Waals surface area (Å²) in [4.78, 5) is 26.8. The minimum atomic E-state index is -0.397. The highest BCUT2D eigenvalue weighted by molar-refractivity contribution is 7.12. The van der Waals surface area contributed by atoms with E-state index in [4.69, 9.17) is 4.74 Å². The van der Waals surface area contributed by atoms with Gasteiger partial charge in [-0.25, -0.2) is 4.79 Å². The Morgan fingerprint density at radius 1 is 1.45 bits per heavy atom. The lowest BCUT2D eigenvalue weighted by Gasteiger charge is -2.22. The van der Waals surface area contributed by atoms with E-state index in [1.165, 1.54) is 11.3 Å². The third-order valence-corrected chi connectivity index (χ3v) is 4.37. The molecule has 110 valence electrons. The topological polar surface area (TPSA) is 46.6 Å². The Labute approximate surface area is 123 Å². The molecule has 5 heteroatoms. The van der Waals surface area contributed by atoms with E-state index in [-0.39, 0.29) is 11.9 Å². The average molecular weight is 295 g/mol. The number of thiophene rings is 1. The molecule has 2 heterocycles. The number of amides is 1. The fourth-order valence-electron chi connectivity index (χ4n) is 2.42. The number of unbranched alkanes of at least 4 members (excludes halogenated alkanes) is 2. The van der Waals surface area contributed by atoms with Crippen LogP contribution in [0.1, 0.15) is 48.7 Å². The van der Waals surface area contributed by atoms with Crippen molar-refractivity contribution in [3.8, 4) is 0 Å². The number of rotatable bonds is 6. The number of carbonyl (C=O) groups excluding carboxylic acids is 2. The molecule has 0 radical (unpaired) electrons. The minimum absolute atomic E-state index is 0.0481. The first-order valence-corrected chi connectivity index (χ1v) is 8.13. The van der Waals surface area contributed by atoms with Crippen molar-refractivity contribution in [1.82, 2.24) is 4.90 Å². The monoisotopic (exact) mass is 295 g/mol. The zero-order valence-electron chi connectivity index (χ0n) is 11.8. The molecule has 0 spiro atoms. The third kappa shape index (κ3) is 3.60. The number of hydrogen-bond acceptors (Lipinski definition) is 4. The second-order valence-corrected chi connectivity index (χ2v) is 5.96. The van der Waals surface area contributed by atoms with Gasteiger partial charge in [-0.15, -0.1) is 11.3 Å². The van der Waals surface area contributed by atoms with Gasteiger partial charge in [0.15, 0.2) is 0 Å². The summed E-state index contributed by atoms with van der Waals surface area (Å²) in [5.41, 5.74) is 0. The lowest BCUT2D eigenvalue weighted by atomic mass is 10.2. The van der Waals surface area contributed by atoms with Gasteiger partial charge in [0.25, 0.3) is 5.91 Å². The molecule has 1 saturated heterocycles. The van der Waals surface area contributed by atoms with E-state index in [1.54, 1.807) is 11.0 Å². The molecule has 1 fully saturated rings. The predicted octanol–water partition coefficient (Wildman–Crippen LogP) is 3.09. The first-order valence-electron chi connectivity index (χ1n) is 7.25. The van der Waals surface area contributed by atoms with Crippen LogP contribution in [-0.4, -0.2) is 36.0 Å². The Hall–Kier alpha value is -1.36. The molecule has 0 saturated carbocycles. The normalized spacial score (nSPS) is 18.2. The van der Waals surface area contributed by atoms with Crippen molar-refractivity contribution in [2.45, 2.75) is 45.1 Å². The highest BCUT2D eigenvalue weighted by Crippen LogP contribution is 2.23. The number of nitrogens with zero attached hydrogens (tertiary/aromatic N) is 1. The summed E-state index contributed by atoms with van der Waals surface area (Å²) in [6.45, 7) is 3.22. The summed E-state index contributed by atoms with van der Waals surface area (Å²) >= 11 is 1.41. The highest BCUT2D eigenvalue weighted by Gasteiger charge is 2.35. The van der Waals surface area contributed by atoms with Crippen LogP contribution in [0.2, 0.25) is 0 Å². The van der Waals surface area contributed by atoms with Gasteiger partial charge in [-0.1, -0.05) is 25.8 Å². The first-order chi connectivity index (χ1) is 9.74. The van der Waals surface area contributed by atoms with Crippen molar-refractivity contribution in [2.75, 3.05) is 13.2 Å². The Morgan fingerprint density at radius 3 is 3.00 bits per heavy atom. The fourth-order valence-corrected chi connectivity index (χ4v) is 3.10. The number of carbonyl (C=O) groups is 2. The molecule has 0 aromatic carbocycles. The Morgan fingerprint density at radius 2 is 2.30 bits per heavy atom. The Kier molecular flexibility index (Phi) is 5.59. The van der Waals surface area contributed by atoms with E-state index in [0.717, 1.165) is 25.7 Å². The molecule has 1 aromatic rings. The van der Waals surface area contributed by atoms with Crippen molar-refractivity contribution >= 4 is 23.2 Å². The lowest BCUT2D eigenvalue weighted by Crippen LogP contribution is -2.41. The van der Waals surface area contributed by atoms with Gasteiger partial charge in [-0.3, -0.25) is 4.79 Å². The molecule has 0 bridgehead atoms.